The second kappa shape index (κ2) is 9.23. The second-order valence-electron chi connectivity index (χ2n) is 6.15. The zero-order valence-electron chi connectivity index (χ0n) is 15.1. The minimum absolute atomic E-state index is 0.0423. The van der Waals surface area contributed by atoms with Crippen LogP contribution in [0, 0.1) is 0 Å². The van der Waals surface area contributed by atoms with E-state index in [0.717, 1.165) is 22.7 Å². The Morgan fingerprint density at radius 2 is 1.76 bits per heavy atom. The van der Waals surface area contributed by atoms with E-state index in [4.69, 9.17) is 23.2 Å². The molecule has 2 rings (SSSR count). The molecule has 0 heterocycles. The van der Waals surface area contributed by atoms with Crippen molar-refractivity contribution in [3.05, 3.63) is 58.1 Å². The molecule has 1 N–H and O–H groups in total. The quantitative estimate of drug-likeness (QED) is 0.607. The lowest BCUT2D eigenvalue weighted by Gasteiger charge is -2.22. The van der Waals surface area contributed by atoms with Gasteiger partial charge in [-0.05, 0) is 42.8 Å². The van der Waals surface area contributed by atoms with Crippen LogP contribution in [-0.2, 0) is 21.0 Å². The number of carbonyl (C=O) groups is 1. The smallest absolute Gasteiger partial charge is 0.326 e. The molecule has 0 aromatic heterocycles. The molecule has 2 aromatic rings. The number of rotatable bonds is 7. The minimum atomic E-state index is -4.69. The summed E-state index contributed by atoms with van der Waals surface area (Å²) in [4.78, 5) is 12.1. The van der Waals surface area contributed by atoms with Gasteiger partial charge in [-0.1, -0.05) is 29.3 Å². The summed E-state index contributed by atoms with van der Waals surface area (Å²) >= 11 is 11.5. The molecule has 0 fully saturated rings. The van der Waals surface area contributed by atoms with Gasteiger partial charge in [-0.15, -0.1) is 0 Å². The summed E-state index contributed by atoms with van der Waals surface area (Å²) in [6.45, 7) is -0.0423. The van der Waals surface area contributed by atoms with Gasteiger partial charge in [0, 0.05) is 23.0 Å². The van der Waals surface area contributed by atoms with Crippen molar-refractivity contribution >= 4 is 50.5 Å². The van der Waals surface area contributed by atoms with E-state index in [-0.39, 0.29) is 24.4 Å². The fraction of sp³-hybridized carbons (Fsp3) is 0.278. The predicted octanol–water partition coefficient (Wildman–Crippen LogP) is 5.20. The van der Waals surface area contributed by atoms with Crippen LogP contribution in [0.15, 0.2) is 42.5 Å². The van der Waals surface area contributed by atoms with Crippen molar-refractivity contribution in [1.82, 2.24) is 0 Å². The second-order valence-corrected chi connectivity index (χ2v) is 8.93. The van der Waals surface area contributed by atoms with E-state index in [1.54, 1.807) is 18.2 Å². The Balaban J connectivity index is 2.06. The average molecular weight is 469 g/mol. The average Bonchev–Trinajstić information content (AvgIpc) is 2.58. The first kappa shape index (κ1) is 23.3. The molecule has 1 amide bonds. The minimum Gasteiger partial charge on any atom is -0.326 e. The molecule has 29 heavy (non-hydrogen) atoms. The van der Waals surface area contributed by atoms with Crippen LogP contribution in [0.4, 0.5) is 24.5 Å². The third kappa shape index (κ3) is 6.80. The molecule has 0 aliphatic heterocycles. The lowest BCUT2D eigenvalue weighted by Crippen LogP contribution is -2.31. The number of anilines is 2. The zero-order valence-corrected chi connectivity index (χ0v) is 17.5. The lowest BCUT2D eigenvalue weighted by molar-refractivity contribution is -0.137. The SMILES string of the molecule is CS(=O)(=O)N(CCCC(=O)Nc1ccc(Cl)cc1C(F)(F)F)c1cccc(Cl)c1. The molecule has 2 aromatic carbocycles. The van der Waals surface area contributed by atoms with E-state index in [9.17, 15) is 26.4 Å². The number of carbonyl (C=O) groups excluding carboxylic acids is 1. The summed E-state index contributed by atoms with van der Waals surface area (Å²) in [6, 6.07) is 9.21. The molecule has 5 nitrogen and oxygen atoms in total. The molecular formula is C18H17Cl2F3N2O3S. The molecule has 0 saturated carbocycles. The molecule has 0 unspecified atom stereocenters. The van der Waals surface area contributed by atoms with Gasteiger partial charge in [0.05, 0.1) is 23.2 Å². The van der Waals surface area contributed by atoms with Crippen molar-refractivity contribution in [2.24, 2.45) is 0 Å². The van der Waals surface area contributed by atoms with Gasteiger partial charge in [0.15, 0.2) is 0 Å². The highest BCUT2D eigenvalue weighted by Crippen LogP contribution is 2.36. The fourth-order valence-corrected chi connectivity index (χ4v) is 3.89. The normalized spacial score (nSPS) is 11.9. The maximum Gasteiger partial charge on any atom is 0.418 e. The van der Waals surface area contributed by atoms with E-state index >= 15 is 0 Å². The first-order valence-electron chi connectivity index (χ1n) is 8.28. The van der Waals surface area contributed by atoms with Crippen LogP contribution in [0.3, 0.4) is 0 Å². The van der Waals surface area contributed by atoms with Gasteiger partial charge in [0.25, 0.3) is 0 Å². The predicted molar refractivity (Wildman–Crippen MR) is 108 cm³/mol. The molecule has 158 valence electrons. The van der Waals surface area contributed by atoms with Crippen molar-refractivity contribution < 1.29 is 26.4 Å². The van der Waals surface area contributed by atoms with E-state index in [1.807, 2.05) is 0 Å². The van der Waals surface area contributed by atoms with Crippen LogP contribution in [-0.4, -0.2) is 27.1 Å². The lowest BCUT2D eigenvalue weighted by atomic mass is 10.1. The number of alkyl halides is 3. The van der Waals surface area contributed by atoms with Gasteiger partial charge < -0.3 is 5.32 Å². The van der Waals surface area contributed by atoms with E-state index in [1.165, 1.54) is 12.1 Å². The molecular weight excluding hydrogens is 452 g/mol. The number of nitrogens with one attached hydrogen (secondary N) is 1. The van der Waals surface area contributed by atoms with Crippen LogP contribution in [0.1, 0.15) is 18.4 Å². The van der Waals surface area contributed by atoms with Crippen molar-refractivity contribution in [2.45, 2.75) is 19.0 Å². The van der Waals surface area contributed by atoms with Crippen molar-refractivity contribution in [3.63, 3.8) is 0 Å². The summed E-state index contributed by atoms with van der Waals surface area (Å²) in [6.07, 6.45) is -3.78. The number of hydrogen-bond acceptors (Lipinski definition) is 3. The van der Waals surface area contributed by atoms with E-state index in [0.29, 0.717) is 10.7 Å². The monoisotopic (exact) mass is 468 g/mol. The van der Waals surface area contributed by atoms with Gasteiger partial charge in [-0.25, -0.2) is 8.42 Å². The summed E-state index contributed by atoms with van der Waals surface area (Å²) < 4.78 is 64.4. The van der Waals surface area contributed by atoms with Gasteiger partial charge in [-0.2, -0.15) is 13.2 Å². The Kier molecular flexibility index (Phi) is 7.42. The first-order chi connectivity index (χ1) is 13.4. The van der Waals surface area contributed by atoms with Crippen molar-refractivity contribution in [3.8, 4) is 0 Å². The first-order valence-corrected chi connectivity index (χ1v) is 10.9. The van der Waals surface area contributed by atoms with Gasteiger partial charge in [0.1, 0.15) is 0 Å². The standard InChI is InChI=1S/C18H17Cl2F3N2O3S/c1-29(27,28)25(14-5-2-4-12(19)10-14)9-3-6-17(26)24-16-8-7-13(20)11-15(16)18(21,22)23/h2,4-5,7-8,10-11H,3,6,9H2,1H3,(H,24,26). The molecule has 0 atom stereocenters. The van der Waals surface area contributed by atoms with E-state index < -0.39 is 33.4 Å². The van der Waals surface area contributed by atoms with Gasteiger partial charge >= 0.3 is 6.18 Å². The van der Waals surface area contributed by atoms with Gasteiger partial charge in [0.2, 0.25) is 15.9 Å². The topological polar surface area (TPSA) is 66.5 Å². The summed E-state index contributed by atoms with van der Waals surface area (Å²) in [5.74, 6) is -0.683. The number of benzene rings is 2. The zero-order chi connectivity index (χ0) is 21.8. The summed E-state index contributed by atoms with van der Waals surface area (Å²) in [5.41, 5.74) is -1.14. The van der Waals surface area contributed by atoms with Crippen LogP contribution in [0.2, 0.25) is 10.0 Å². The van der Waals surface area contributed by atoms with Crippen LogP contribution in [0.25, 0.3) is 0 Å². The van der Waals surface area contributed by atoms with Gasteiger partial charge in [-0.3, -0.25) is 9.10 Å². The molecule has 0 saturated heterocycles. The molecule has 0 aliphatic carbocycles. The Morgan fingerprint density at radius 3 is 2.34 bits per heavy atom. The Morgan fingerprint density at radius 1 is 1.10 bits per heavy atom. The Labute approximate surface area is 176 Å². The molecule has 11 heteroatoms. The molecule has 0 spiro atoms. The summed E-state index contributed by atoms with van der Waals surface area (Å²) in [7, 11) is -3.64. The van der Waals surface area contributed by atoms with E-state index in [2.05, 4.69) is 5.32 Å². The summed E-state index contributed by atoms with van der Waals surface area (Å²) in [5, 5.41) is 2.43. The largest absolute Gasteiger partial charge is 0.418 e. The number of sulfonamides is 1. The third-order valence-corrected chi connectivity index (χ3v) is 5.49. The number of nitrogens with zero attached hydrogens (tertiary/aromatic N) is 1. The van der Waals surface area contributed by atoms with Crippen LogP contribution < -0.4 is 9.62 Å². The number of hydrogen-bond donors (Lipinski definition) is 1. The maximum atomic E-state index is 13.1. The van der Waals surface area contributed by atoms with Crippen LogP contribution >= 0.6 is 23.2 Å². The Bertz CT molecular complexity index is 998. The Hall–Kier alpha value is -1.97. The fourth-order valence-electron chi connectivity index (χ4n) is 2.57. The van der Waals surface area contributed by atoms with Crippen molar-refractivity contribution in [2.75, 3.05) is 22.4 Å². The number of halogens is 5. The highest BCUT2D eigenvalue weighted by Gasteiger charge is 2.34. The van der Waals surface area contributed by atoms with Crippen LogP contribution in [0.5, 0.6) is 0 Å². The maximum absolute atomic E-state index is 13.1. The highest BCUT2D eigenvalue weighted by atomic mass is 35.5. The highest BCUT2D eigenvalue weighted by molar-refractivity contribution is 7.92. The molecule has 0 radical (unpaired) electrons. The van der Waals surface area contributed by atoms with Crippen molar-refractivity contribution in [1.29, 1.82) is 0 Å². The molecule has 0 bridgehead atoms. The molecule has 0 aliphatic rings. The number of amides is 1. The third-order valence-electron chi connectivity index (χ3n) is 3.82.